The molecule has 70 valence electrons. The number of aryl methyl sites for hydroxylation is 1. The van der Waals surface area contributed by atoms with Gasteiger partial charge in [0.25, 0.3) is 0 Å². The van der Waals surface area contributed by atoms with E-state index in [0.29, 0.717) is 0 Å². The van der Waals surface area contributed by atoms with Crippen molar-refractivity contribution in [2.45, 2.75) is 19.8 Å². The molecule has 1 N–H and O–H groups in total. The minimum Gasteiger partial charge on any atom is -0.385 e. The highest BCUT2D eigenvalue weighted by Gasteiger charge is 2.09. The lowest BCUT2D eigenvalue weighted by Crippen LogP contribution is -2.13. The van der Waals surface area contributed by atoms with Crippen molar-refractivity contribution in [1.29, 1.82) is 0 Å². The van der Waals surface area contributed by atoms with Crippen LogP contribution in [0.3, 0.4) is 0 Å². The van der Waals surface area contributed by atoms with Crippen LogP contribution in [0.1, 0.15) is 17.7 Å². The van der Waals surface area contributed by atoms with Gasteiger partial charge in [0.1, 0.15) is 0 Å². The standard InChI is InChI=1S/C9H12N2.C2H4/c1-7-8-3-2-5-11-9(8)4-6-10-7;1-2/h4,6,11H,2-3,5H2,1H3;1-2H2. The van der Waals surface area contributed by atoms with Crippen LogP contribution in [0.2, 0.25) is 0 Å². The normalized spacial score (nSPS) is 13.3. The summed E-state index contributed by atoms with van der Waals surface area (Å²) < 4.78 is 0. The third-order valence-electron chi connectivity index (χ3n) is 2.19. The zero-order chi connectivity index (χ0) is 9.68. The predicted octanol–water partition coefficient (Wildman–Crippen LogP) is 2.55. The van der Waals surface area contributed by atoms with Crippen LogP contribution in [0.25, 0.3) is 0 Å². The molecule has 1 aliphatic rings. The fraction of sp³-hybridized carbons (Fsp3) is 0.364. The lowest BCUT2D eigenvalue weighted by Gasteiger charge is -2.18. The molecule has 0 fully saturated rings. The Kier molecular flexibility index (Phi) is 3.50. The monoisotopic (exact) mass is 176 g/mol. The van der Waals surface area contributed by atoms with Crippen LogP contribution in [0, 0.1) is 6.92 Å². The number of anilines is 1. The smallest absolute Gasteiger partial charge is 0.0425 e. The maximum absolute atomic E-state index is 4.25. The van der Waals surface area contributed by atoms with Gasteiger partial charge in [0.15, 0.2) is 0 Å². The van der Waals surface area contributed by atoms with Crippen molar-refractivity contribution < 1.29 is 0 Å². The first kappa shape index (κ1) is 9.78. The van der Waals surface area contributed by atoms with Crippen molar-refractivity contribution in [2.24, 2.45) is 0 Å². The molecule has 0 saturated carbocycles. The van der Waals surface area contributed by atoms with Gasteiger partial charge < -0.3 is 5.32 Å². The number of hydrogen-bond donors (Lipinski definition) is 1. The molecule has 0 aliphatic carbocycles. The molecule has 0 spiro atoms. The van der Waals surface area contributed by atoms with Crippen molar-refractivity contribution in [3.8, 4) is 0 Å². The molecule has 2 nitrogen and oxygen atoms in total. The molecule has 2 heterocycles. The molecule has 2 heteroatoms. The number of aromatic nitrogens is 1. The van der Waals surface area contributed by atoms with E-state index in [-0.39, 0.29) is 0 Å². The van der Waals surface area contributed by atoms with E-state index in [1.165, 1.54) is 29.8 Å². The molecule has 0 atom stereocenters. The van der Waals surface area contributed by atoms with Gasteiger partial charge in [-0.25, -0.2) is 0 Å². The van der Waals surface area contributed by atoms with Gasteiger partial charge in [0.05, 0.1) is 0 Å². The summed E-state index contributed by atoms with van der Waals surface area (Å²) in [6, 6.07) is 2.06. The number of rotatable bonds is 0. The second-order valence-corrected chi connectivity index (χ2v) is 2.95. The van der Waals surface area contributed by atoms with E-state index in [9.17, 15) is 0 Å². The fourth-order valence-electron chi connectivity index (χ4n) is 1.57. The Morgan fingerprint density at radius 1 is 1.46 bits per heavy atom. The summed E-state index contributed by atoms with van der Waals surface area (Å²) in [6.07, 6.45) is 4.29. The lowest BCUT2D eigenvalue weighted by molar-refractivity contribution is 0.815. The molecule has 1 aliphatic heterocycles. The number of hydrogen-bond acceptors (Lipinski definition) is 2. The van der Waals surface area contributed by atoms with Crippen LogP contribution < -0.4 is 5.32 Å². The molecule has 13 heavy (non-hydrogen) atoms. The summed E-state index contributed by atoms with van der Waals surface area (Å²) in [7, 11) is 0. The quantitative estimate of drug-likeness (QED) is 0.614. The van der Waals surface area contributed by atoms with Crippen LogP contribution in [0.15, 0.2) is 25.4 Å². The van der Waals surface area contributed by atoms with Gasteiger partial charge in [-0.1, -0.05) is 0 Å². The topological polar surface area (TPSA) is 24.9 Å². The van der Waals surface area contributed by atoms with E-state index in [1.807, 2.05) is 6.20 Å². The number of nitrogens with one attached hydrogen (secondary N) is 1. The Labute approximate surface area is 79.7 Å². The summed E-state index contributed by atoms with van der Waals surface area (Å²) in [6.45, 7) is 9.18. The Morgan fingerprint density at radius 2 is 2.23 bits per heavy atom. The largest absolute Gasteiger partial charge is 0.385 e. The Balaban J connectivity index is 0.000000396. The van der Waals surface area contributed by atoms with Gasteiger partial charge in [0, 0.05) is 24.1 Å². The molecule has 0 radical (unpaired) electrons. The summed E-state index contributed by atoms with van der Waals surface area (Å²) in [5.74, 6) is 0. The first-order chi connectivity index (χ1) is 6.38. The SMILES string of the molecule is C=C.Cc1nccc2c1CCCN2. The van der Waals surface area contributed by atoms with E-state index in [0.717, 1.165) is 6.54 Å². The molecule has 1 aromatic rings. The van der Waals surface area contributed by atoms with Gasteiger partial charge in [-0.2, -0.15) is 0 Å². The molecule has 0 amide bonds. The Hall–Kier alpha value is -1.31. The zero-order valence-corrected chi connectivity index (χ0v) is 8.14. The van der Waals surface area contributed by atoms with Crippen LogP contribution in [-0.4, -0.2) is 11.5 Å². The second kappa shape index (κ2) is 4.65. The van der Waals surface area contributed by atoms with E-state index in [2.05, 4.69) is 36.4 Å². The Morgan fingerprint density at radius 3 is 2.92 bits per heavy atom. The molecule has 0 bridgehead atoms. The summed E-state index contributed by atoms with van der Waals surface area (Å²) >= 11 is 0. The van der Waals surface area contributed by atoms with Crippen LogP contribution >= 0.6 is 0 Å². The molecule has 1 aromatic heterocycles. The maximum atomic E-state index is 4.25. The van der Waals surface area contributed by atoms with Crippen LogP contribution in [0.4, 0.5) is 5.69 Å². The van der Waals surface area contributed by atoms with Crippen LogP contribution in [0.5, 0.6) is 0 Å². The first-order valence-corrected chi connectivity index (χ1v) is 4.56. The van der Waals surface area contributed by atoms with Gasteiger partial charge in [-0.05, 0) is 31.4 Å². The van der Waals surface area contributed by atoms with E-state index in [1.54, 1.807) is 0 Å². The summed E-state index contributed by atoms with van der Waals surface area (Å²) in [5.41, 5.74) is 3.86. The van der Waals surface area contributed by atoms with Crippen LogP contribution in [-0.2, 0) is 6.42 Å². The second-order valence-electron chi connectivity index (χ2n) is 2.95. The lowest BCUT2D eigenvalue weighted by atomic mass is 10.0. The summed E-state index contributed by atoms with van der Waals surface area (Å²) in [4.78, 5) is 4.25. The molecule has 0 aromatic carbocycles. The van der Waals surface area contributed by atoms with Crippen molar-refractivity contribution in [2.75, 3.05) is 11.9 Å². The zero-order valence-electron chi connectivity index (χ0n) is 8.14. The number of pyridine rings is 1. The molecular weight excluding hydrogens is 160 g/mol. The predicted molar refractivity (Wildman–Crippen MR) is 57.0 cm³/mol. The molecule has 0 saturated heterocycles. The maximum Gasteiger partial charge on any atom is 0.0425 e. The average molecular weight is 176 g/mol. The minimum atomic E-state index is 1.11. The molecule has 0 unspecified atom stereocenters. The first-order valence-electron chi connectivity index (χ1n) is 4.56. The highest BCUT2D eigenvalue weighted by Crippen LogP contribution is 2.22. The van der Waals surface area contributed by atoms with Gasteiger partial charge >= 0.3 is 0 Å². The van der Waals surface area contributed by atoms with E-state index >= 15 is 0 Å². The van der Waals surface area contributed by atoms with Gasteiger partial charge in [-0.3, -0.25) is 4.98 Å². The van der Waals surface area contributed by atoms with Crippen molar-refractivity contribution in [3.05, 3.63) is 36.7 Å². The molecular formula is C11H16N2. The average Bonchev–Trinajstić information content (AvgIpc) is 2.22. The van der Waals surface area contributed by atoms with Crippen molar-refractivity contribution in [1.82, 2.24) is 4.98 Å². The third kappa shape index (κ3) is 2.08. The highest BCUT2D eigenvalue weighted by atomic mass is 14.9. The fourth-order valence-corrected chi connectivity index (χ4v) is 1.57. The number of nitrogens with zero attached hydrogens (tertiary/aromatic N) is 1. The molecule has 2 rings (SSSR count). The van der Waals surface area contributed by atoms with E-state index < -0.39 is 0 Å². The van der Waals surface area contributed by atoms with E-state index in [4.69, 9.17) is 0 Å². The summed E-state index contributed by atoms with van der Waals surface area (Å²) in [5, 5.41) is 3.36. The minimum absolute atomic E-state index is 1.11. The van der Waals surface area contributed by atoms with Gasteiger partial charge in [-0.15, -0.1) is 13.2 Å². The third-order valence-corrected chi connectivity index (χ3v) is 2.19. The Bertz CT molecular complexity index is 281. The van der Waals surface area contributed by atoms with Crippen molar-refractivity contribution >= 4 is 5.69 Å². The van der Waals surface area contributed by atoms with Gasteiger partial charge in [0.2, 0.25) is 0 Å². The highest BCUT2D eigenvalue weighted by molar-refractivity contribution is 5.53. The number of fused-ring (bicyclic) bond motifs is 1. The van der Waals surface area contributed by atoms with Crippen molar-refractivity contribution in [3.63, 3.8) is 0 Å².